The minimum atomic E-state index is -0.303. The van der Waals surface area contributed by atoms with Gasteiger partial charge in [-0.25, -0.2) is 0 Å². The third-order valence-corrected chi connectivity index (χ3v) is 4.28. The van der Waals surface area contributed by atoms with E-state index in [2.05, 4.69) is 26.6 Å². The Morgan fingerprint density at radius 3 is 2.70 bits per heavy atom. The molecule has 7 heteroatoms. The third-order valence-electron chi connectivity index (χ3n) is 3.05. The predicted octanol–water partition coefficient (Wildman–Crippen LogP) is 1.26. The highest BCUT2D eigenvalue weighted by molar-refractivity contribution is 9.10. The quantitative estimate of drug-likeness (QED) is 0.853. The van der Waals surface area contributed by atoms with Crippen molar-refractivity contribution >= 4 is 39.3 Å². The summed E-state index contributed by atoms with van der Waals surface area (Å²) < 4.78 is 0.729. The van der Waals surface area contributed by atoms with E-state index in [4.69, 9.17) is 11.6 Å². The van der Waals surface area contributed by atoms with Gasteiger partial charge in [0.05, 0.1) is 11.6 Å². The van der Waals surface area contributed by atoms with Crippen molar-refractivity contribution in [2.24, 2.45) is 0 Å². The Morgan fingerprint density at radius 1 is 1.35 bits per heavy atom. The van der Waals surface area contributed by atoms with Crippen LogP contribution in [0.2, 0.25) is 5.02 Å². The molecule has 0 unspecified atom stereocenters. The Morgan fingerprint density at radius 2 is 2.05 bits per heavy atom. The molecule has 1 fully saturated rings. The molecule has 1 aromatic rings. The van der Waals surface area contributed by atoms with Crippen molar-refractivity contribution < 1.29 is 9.59 Å². The van der Waals surface area contributed by atoms with Crippen LogP contribution >= 0.6 is 27.5 Å². The van der Waals surface area contributed by atoms with Crippen LogP contribution in [-0.2, 0) is 4.79 Å². The predicted molar refractivity (Wildman–Crippen MR) is 80.9 cm³/mol. The summed E-state index contributed by atoms with van der Waals surface area (Å²) >= 11 is 9.20. The Bertz CT molecular complexity index is 518. The first-order chi connectivity index (χ1) is 9.58. The fourth-order valence-electron chi connectivity index (χ4n) is 1.92. The Hall–Kier alpha value is -1.11. The maximum atomic E-state index is 11.9. The molecule has 1 aromatic carbocycles. The normalized spacial score (nSPS) is 15.0. The van der Waals surface area contributed by atoms with Crippen molar-refractivity contribution in [2.75, 3.05) is 32.7 Å². The SMILES string of the molecule is O=C(NCC(=O)N1CCNCC1)c1ccc(Br)c(Cl)c1. The van der Waals surface area contributed by atoms with Gasteiger partial charge in [-0.2, -0.15) is 0 Å². The summed E-state index contributed by atoms with van der Waals surface area (Å²) in [6.07, 6.45) is 0. The standard InChI is InChI=1S/C13H15BrClN3O2/c14-10-2-1-9(7-11(10)15)13(20)17-8-12(19)18-5-3-16-4-6-18/h1-2,7,16H,3-6,8H2,(H,17,20). The molecule has 0 saturated carbocycles. The second-order valence-corrected chi connectivity index (χ2v) is 5.70. The average molecular weight is 361 g/mol. The molecule has 2 amide bonds. The van der Waals surface area contributed by atoms with Crippen LogP contribution in [0.1, 0.15) is 10.4 Å². The Kier molecular flexibility index (Phi) is 5.39. The molecule has 0 aromatic heterocycles. The van der Waals surface area contributed by atoms with Crippen LogP contribution in [0, 0.1) is 0 Å². The molecule has 2 rings (SSSR count). The van der Waals surface area contributed by atoms with Crippen LogP contribution in [0.5, 0.6) is 0 Å². The van der Waals surface area contributed by atoms with E-state index < -0.39 is 0 Å². The number of carbonyl (C=O) groups excluding carboxylic acids is 2. The molecule has 1 aliphatic heterocycles. The topological polar surface area (TPSA) is 61.4 Å². The van der Waals surface area contributed by atoms with E-state index in [1.54, 1.807) is 23.1 Å². The number of hydrogen-bond donors (Lipinski definition) is 2. The summed E-state index contributed by atoms with van der Waals surface area (Å²) in [7, 11) is 0. The second-order valence-electron chi connectivity index (χ2n) is 4.44. The zero-order chi connectivity index (χ0) is 14.5. The minimum Gasteiger partial charge on any atom is -0.343 e. The highest BCUT2D eigenvalue weighted by Gasteiger charge is 2.17. The summed E-state index contributed by atoms with van der Waals surface area (Å²) in [5.74, 6) is -0.369. The van der Waals surface area contributed by atoms with Crippen LogP contribution in [0.3, 0.4) is 0 Å². The molecule has 108 valence electrons. The van der Waals surface area contributed by atoms with Crippen LogP contribution in [-0.4, -0.2) is 49.4 Å². The highest BCUT2D eigenvalue weighted by atomic mass is 79.9. The molecule has 0 radical (unpaired) electrons. The molecular weight excluding hydrogens is 346 g/mol. The monoisotopic (exact) mass is 359 g/mol. The van der Waals surface area contributed by atoms with E-state index in [-0.39, 0.29) is 18.4 Å². The largest absolute Gasteiger partial charge is 0.343 e. The zero-order valence-corrected chi connectivity index (χ0v) is 13.1. The van der Waals surface area contributed by atoms with E-state index in [9.17, 15) is 9.59 Å². The molecule has 0 atom stereocenters. The third kappa shape index (κ3) is 3.94. The Labute approximate surface area is 130 Å². The van der Waals surface area contributed by atoms with Crippen molar-refractivity contribution in [1.29, 1.82) is 0 Å². The van der Waals surface area contributed by atoms with Crippen LogP contribution in [0.25, 0.3) is 0 Å². The fourth-order valence-corrected chi connectivity index (χ4v) is 2.35. The van der Waals surface area contributed by atoms with Gasteiger partial charge in [0.2, 0.25) is 5.91 Å². The van der Waals surface area contributed by atoms with E-state index >= 15 is 0 Å². The molecule has 0 spiro atoms. The van der Waals surface area contributed by atoms with Gasteiger partial charge in [0, 0.05) is 36.2 Å². The van der Waals surface area contributed by atoms with Gasteiger partial charge >= 0.3 is 0 Å². The molecule has 1 aliphatic rings. The van der Waals surface area contributed by atoms with Gasteiger partial charge in [0.15, 0.2) is 0 Å². The Balaban J connectivity index is 1.88. The first-order valence-electron chi connectivity index (χ1n) is 6.29. The zero-order valence-electron chi connectivity index (χ0n) is 10.8. The molecule has 2 N–H and O–H groups in total. The van der Waals surface area contributed by atoms with Gasteiger partial charge < -0.3 is 15.5 Å². The van der Waals surface area contributed by atoms with Crippen molar-refractivity contribution in [3.05, 3.63) is 33.3 Å². The van der Waals surface area contributed by atoms with Gasteiger partial charge in [-0.05, 0) is 34.1 Å². The lowest BCUT2D eigenvalue weighted by molar-refractivity contribution is -0.130. The number of amides is 2. The van der Waals surface area contributed by atoms with E-state index in [0.29, 0.717) is 23.7 Å². The van der Waals surface area contributed by atoms with Gasteiger partial charge in [-0.15, -0.1) is 0 Å². The first kappa shape index (κ1) is 15.3. The number of rotatable bonds is 3. The lowest BCUT2D eigenvalue weighted by Gasteiger charge is -2.27. The molecule has 0 bridgehead atoms. The fraction of sp³-hybridized carbons (Fsp3) is 0.385. The molecular formula is C13H15BrClN3O2. The first-order valence-corrected chi connectivity index (χ1v) is 7.47. The summed E-state index contributed by atoms with van der Waals surface area (Å²) in [6, 6.07) is 4.92. The van der Waals surface area contributed by atoms with Crippen LogP contribution in [0.4, 0.5) is 0 Å². The number of nitrogens with one attached hydrogen (secondary N) is 2. The lowest BCUT2D eigenvalue weighted by atomic mass is 10.2. The van der Waals surface area contributed by atoms with E-state index in [1.165, 1.54) is 0 Å². The number of hydrogen-bond acceptors (Lipinski definition) is 3. The average Bonchev–Trinajstić information content (AvgIpc) is 2.48. The molecule has 1 heterocycles. The summed E-state index contributed by atoms with van der Waals surface area (Å²) in [5, 5.41) is 6.25. The number of carbonyl (C=O) groups is 2. The molecule has 5 nitrogen and oxygen atoms in total. The minimum absolute atomic E-state index is 0.00646. The maximum Gasteiger partial charge on any atom is 0.251 e. The van der Waals surface area contributed by atoms with Crippen molar-refractivity contribution in [2.45, 2.75) is 0 Å². The van der Waals surface area contributed by atoms with Crippen molar-refractivity contribution in [1.82, 2.24) is 15.5 Å². The van der Waals surface area contributed by atoms with Gasteiger partial charge in [0.1, 0.15) is 0 Å². The number of nitrogens with zero attached hydrogens (tertiary/aromatic N) is 1. The summed E-state index contributed by atoms with van der Waals surface area (Å²) in [4.78, 5) is 25.6. The summed E-state index contributed by atoms with van der Waals surface area (Å²) in [6.45, 7) is 2.95. The van der Waals surface area contributed by atoms with Crippen molar-refractivity contribution in [3.8, 4) is 0 Å². The van der Waals surface area contributed by atoms with Crippen LogP contribution < -0.4 is 10.6 Å². The van der Waals surface area contributed by atoms with E-state index in [0.717, 1.165) is 17.6 Å². The van der Waals surface area contributed by atoms with E-state index in [1.807, 2.05) is 0 Å². The van der Waals surface area contributed by atoms with Gasteiger partial charge in [-0.3, -0.25) is 9.59 Å². The van der Waals surface area contributed by atoms with Crippen LogP contribution in [0.15, 0.2) is 22.7 Å². The second kappa shape index (κ2) is 7.06. The van der Waals surface area contributed by atoms with Crippen molar-refractivity contribution in [3.63, 3.8) is 0 Å². The van der Waals surface area contributed by atoms with Gasteiger partial charge in [-0.1, -0.05) is 11.6 Å². The van der Waals surface area contributed by atoms with Gasteiger partial charge in [0.25, 0.3) is 5.91 Å². The number of benzene rings is 1. The highest BCUT2D eigenvalue weighted by Crippen LogP contribution is 2.23. The number of piperazine rings is 1. The summed E-state index contributed by atoms with van der Waals surface area (Å²) in [5.41, 5.74) is 0.436. The molecule has 0 aliphatic carbocycles. The maximum absolute atomic E-state index is 11.9. The smallest absolute Gasteiger partial charge is 0.251 e. The lowest BCUT2D eigenvalue weighted by Crippen LogP contribution is -2.49. The molecule has 20 heavy (non-hydrogen) atoms. The number of halogens is 2. The molecule has 1 saturated heterocycles.